The largest absolute Gasteiger partial charge is 0.350 e. The first kappa shape index (κ1) is 5.06. The first-order valence-electron chi connectivity index (χ1n) is 3.26. The van der Waals surface area contributed by atoms with Gasteiger partial charge in [0.05, 0.1) is 0 Å². The average Bonchev–Trinajstić information content (AvgIpc) is 2.44. The van der Waals surface area contributed by atoms with Crippen LogP contribution in [0.4, 0.5) is 0 Å². The molecule has 1 aromatic rings. The standard InChI is InChI=1S/C7H10N2/c8-6-5-7(6)9-3-1-2-4-9/h1-4,6-7H,5,8H2. The van der Waals surface area contributed by atoms with E-state index in [-0.39, 0.29) is 0 Å². The maximum atomic E-state index is 5.64. The van der Waals surface area contributed by atoms with Crippen LogP contribution in [-0.4, -0.2) is 10.6 Å². The van der Waals surface area contributed by atoms with Crippen LogP contribution in [0.3, 0.4) is 0 Å². The molecular formula is C7H10N2. The Kier molecular flexibility index (Phi) is 0.904. The fraction of sp³-hybridized carbons (Fsp3) is 0.429. The summed E-state index contributed by atoms with van der Waals surface area (Å²) in [5.41, 5.74) is 5.64. The molecule has 1 aromatic heterocycles. The Hall–Kier alpha value is -0.760. The zero-order valence-electron chi connectivity index (χ0n) is 5.20. The van der Waals surface area contributed by atoms with E-state index in [0.717, 1.165) is 6.42 Å². The van der Waals surface area contributed by atoms with Crippen molar-refractivity contribution in [2.75, 3.05) is 0 Å². The van der Waals surface area contributed by atoms with Gasteiger partial charge in [-0.25, -0.2) is 0 Å². The Balaban J connectivity index is 2.18. The van der Waals surface area contributed by atoms with Crippen molar-refractivity contribution >= 4 is 0 Å². The van der Waals surface area contributed by atoms with Crippen molar-refractivity contribution in [3.05, 3.63) is 24.5 Å². The molecule has 2 unspecified atom stereocenters. The van der Waals surface area contributed by atoms with E-state index in [1.165, 1.54) is 0 Å². The predicted octanol–water partition coefficient (Wildman–Crippen LogP) is 0.760. The quantitative estimate of drug-likeness (QED) is 0.585. The highest BCUT2D eigenvalue weighted by Gasteiger charge is 2.34. The van der Waals surface area contributed by atoms with Gasteiger partial charge in [0.1, 0.15) is 0 Å². The summed E-state index contributed by atoms with van der Waals surface area (Å²) in [4.78, 5) is 0. The van der Waals surface area contributed by atoms with Crippen molar-refractivity contribution in [1.29, 1.82) is 0 Å². The highest BCUT2D eigenvalue weighted by molar-refractivity contribution is 5.02. The highest BCUT2D eigenvalue weighted by atomic mass is 15.1. The van der Waals surface area contributed by atoms with Crippen LogP contribution in [0.25, 0.3) is 0 Å². The molecule has 0 bridgehead atoms. The predicted molar refractivity (Wildman–Crippen MR) is 36.1 cm³/mol. The van der Waals surface area contributed by atoms with Gasteiger partial charge in [0.15, 0.2) is 0 Å². The number of hydrogen-bond donors (Lipinski definition) is 1. The lowest BCUT2D eigenvalue weighted by molar-refractivity contribution is 0.718. The second-order valence-corrected chi connectivity index (χ2v) is 2.60. The summed E-state index contributed by atoms with van der Waals surface area (Å²) in [5, 5.41) is 0. The summed E-state index contributed by atoms with van der Waals surface area (Å²) in [7, 11) is 0. The van der Waals surface area contributed by atoms with Crippen molar-refractivity contribution < 1.29 is 0 Å². The van der Waals surface area contributed by atoms with Gasteiger partial charge < -0.3 is 10.3 Å². The fourth-order valence-electron chi connectivity index (χ4n) is 1.11. The molecule has 0 aliphatic heterocycles. The van der Waals surface area contributed by atoms with Gasteiger partial charge in [0.2, 0.25) is 0 Å². The van der Waals surface area contributed by atoms with E-state index in [9.17, 15) is 0 Å². The third-order valence-corrected chi connectivity index (χ3v) is 1.82. The Morgan fingerprint density at radius 1 is 1.33 bits per heavy atom. The van der Waals surface area contributed by atoms with Crippen molar-refractivity contribution in [1.82, 2.24) is 4.57 Å². The van der Waals surface area contributed by atoms with Crippen LogP contribution >= 0.6 is 0 Å². The van der Waals surface area contributed by atoms with Gasteiger partial charge in [-0.15, -0.1) is 0 Å². The maximum Gasteiger partial charge on any atom is 0.0498 e. The zero-order chi connectivity index (χ0) is 6.27. The van der Waals surface area contributed by atoms with Gasteiger partial charge in [-0.2, -0.15) is 0 Å². The second-order valence-electron chi connectivity index (χ2n) is 2.60. The minimum atomic E-state index is 0.414. The van der Waals surface area contributed by atoms with Gasteiger partial charge in [-0.3, -0.25) is 0 Å². The molecular weight excluding hydrogens is 112 g/mol. The number of rotatable bonds is 1. The van der Waals surface area contributed by atoms with Crippen LogP contribution in [0.1, 0.15) is 12.5 Å². The Labute approximate surface area is 54.3 Å². The van der Waals surface area contributed by atoms with Gasteiger partial charge in [0, 0.05) is 24.5 Å². The summed E-state index contributed by atoms with van der Waals surface area (Å²) < 4.78 is 2.17. The van der Waals surface area contributed by atoms with Crippen molar-refractivity contribution in [2.45, 2.75) is 18.5 Å². The van der Waals surface area contributed by atoms with Crippen LogP contribution in [-0.2, 0) is 0 Å². The average molecular weight is 122 g/mol. The van der Waals surface area contributed by atoms with Crippen LogP contribution in [0.2, 0.25) is 0 Å². The molecule has 2 rings (SSSR count). The van der Waals surface area contributed by atoms with Crippen molar-refractivity contribution in [2.24, 2.45) is 5.73 Å². The Bertz CT molecular complexity index is 191. The van der Waals surface area contributed by atoms with Crippen LogP contribution in [0.15, 0.2) is 24.5 Å². The molecule has 0 aromatic carbocycles. The first-order chi connectivity index (χ1) is 4.38. The Morgan fingerprint density at radius 3 is 2.33 bits per heavy atom. The van der Waals surface area contributed by atoms with E-state index in [4.69, 9.17) is 5.73 Å². The van der Waals surface area contributed by atoms with E-state index in [0.29, 0.717) is 12.1 Å². The summed E-state index contributed by atoms with van der Waals surface area (Å²) in [6.45, 7) is 0. The van der Waals surface area contributed by atoms with Crippen molar-refractivity contribution in [3.63, 3.8) is 0 Å². The topological polar surface area (TPSA) is 30.9 Å². The maximum absolute atomic E-state index is 5.64. The lowest BCUT2D eigenvalue weighted by atomic mass is 10.6. The number of nitrogens with zero attached hydrogens (tertiary/aromatic N) is 1. The molecule has 2 atom stereocenters. The van der Waals surface area contributed by atoms with Gasteiger partial charge in [-0.05, 0) is 18.6 Å². The summed E-state index contributed by atoms with van der Waals surface area (Å²) in [6.07, 6.45) is 5.28. The highest BCUT2D eigenvalue weighted by Crippen LogP contribution is 2.33. The number of aromatic nitrogens is 1. The molecule has 2 nitrogen and oxygen atoms in total. The molecule has 2 heteroatoms. The third-order valence-electron chi connectivity index (χ3n) is 1.82. The minimum absolute atomic E-state index is 0.414. The molecule has 1 aliphatic carbocycles. The van der Waals surface area contributed by atoms with Crippen LogP contribution < -0.4 is 5.73 Å². The third kappa shape index (κ3) is 0.754. The normalized spacial score (nSPS) is 32.6. The first-order valence-corrected chi connectivity index (χ1v) is 3.26. The van der Waals surface area contributed by atoms with Gasteiger partial charge in [0.25, 0.3) is 0 Å². The molecule has 1 fully saturated rings. The minimum Gasteiger partial charge on any atom is -0.350 e. The lowest BCUT2D eigenvalue weighted by Crippen LogP contribution is -2.04. The zero-order valence-corrected chi connectivity index (χ0v) is 5.20. The van der Waals surface area contributed by atoms with E-state index >= 15 is 0 Å². The lowest BCUT2D eigenvalue weighted by Gasteiger charge is -1.95. The monoisotopic (exact) mass is 122 g/mol. The number of hydrogen-bond acceptors (Lipinski definition) is 1. The molecule has 1 heterocycles. The van der Waals surface area contributed by atoms with Crippen molar-refractivity contribution in [3.8, 4) is 0 Å². The van der Waals surface area contributed by atoms with Crippen LogP contribution in [0, 0.1) is 0 Å². The molecule has 0 saturated heterocycles. The second kappa shape index (κ2) is 1.61. The molecule has 1 saturated carbocycles. The summed E-state index contributed by atoms with van der Waals surface area (Å²) >= 11 is 0. The van der Waals surface area contributed by atoms with Gasteiger partial charge in [-0.1, -0.05) is 0 Å². The van der Waals surface area contributed by atoms with E-state index in [1.807, 2.05) is 12.1 Å². The molecule has 0 amide bonds. The molecule has 9 heavy (non-hydrogen) atoms. The van der Waals surface area contributed by atoms with E-state index < -0.39 is 0 Å². The molecule has 0 radical (unpaired) electrons. The molecule has 1 aliphatic rings. The summed E-state index contributed by atoms with van der Waals surface area (Å²) in [6, 6.07) is 5.08. The summed E-state index contributed by atoms with van der Waals surface area (Å²) in [5.74, 6) is 0. The van der Waals surface area contributed by atoms with E-state index in [1.54, 1.807) is 0 Å². The van der Waals surface area contributed by atoms with Crippen LogP contribution in [0.5, 0.6) is 0 Å². The number of nitrogens with two attached hydrogens (primary N) is 1. The molecule has 0 spiro atoms. The van der Waals surface area contributed by atoms with Gasteiger partial charge >= 0.3 is 0 Å². The van der Waals surface area contributed by atoms with E-state index in [2.05, 4.69) is 17.0 Å². The Morgan fingerprint density at radius 2 is 1.89 bits per heavy atom. The fourth-order valence-corrected chi connectivity index (χ4v) is 1.11. The molecule has 48 valence electrons. The smallest absolute Gasteiger partial charge is 0.0498 e. The molecule has 2 N–H and O–H groups in total. The SMILES string of the molecule is NC1CC1n1cccc1.